The Kier molecular flexibility index (Phi) is 4.45. The van der Waals surface area contributed by atoms with Crippen molar-refractivity contribution in [1.29, 1.82) is 0 Å². The van der Waals surface area contributed by atoms with Crippen molar-refractivity contribution in [2.75, 3.05) is 26.7 Å². The molecule has 0 aromatic heterocycles. The molecule has 0 aromatic rings. The fourth-order valence-corrected chi connectivity index (χ4v) is 3.15. The molecule has 2 fully saturated rings. The van der Waals surface area contributed by atoms with Crippen LogP contribution < -0.4 is 5.32 Å². The van der Waals surface area contributed by atoms with E-state index in [2.05, 4.69) is 17.3 Å². The largest absolute Gasteiger partial charge is 0.345 e. The van der Waals surface area contributed by atoms with E-state index in [1.165, 1.54) is 12.8 Å². The van der Waals surface area contributed by atoms with Crippen molar-refractivity contribution in [3.8, 4) is 0 Å². The van der Waals surface area contributed by atoms with Crippen molar-refractivity contribution in [3.63, 3.8) is 0 Å². The van der Waals surface area contributed by atoms with Crippen LogP contribution in [-0.2, 0) is 9.59 Å². The number of amides is 2. The Morgan fingerprint density at radius 1 is 1.32 bits per heavy atom. The van der Waals surface area contributed by atoms with Gasteiger partial charge in [0.2, 0.25) is 11.8 Å². The van der Waals surface area contributed by atoms with Gasteiger partial charge in [-0.3, -0.25) is 9.59 Å². The maximum Gasteiger partial charge on any atom is 0.243 e. The molecule has 2 amide bonds. The number of rotatable bonds is 3. The Bertz CT molecular complexity index is 357. The number of hydrogen-bond acceptors (Lipinski definition) is 3. The van der Waals surface area contributed by atoms with Gasteiger partial charge in [-0.05, 0) is 32.4 Å². The van der Waals surface area contributed by atoms with Crippen LogP contribution in [0.15, 0.2) is 0 Å². The Balaban J connectivity index is 2.09. The Labute approximate surface area is 115 Å². The van der Waals surface area contributed by atoms with Crippen molar-refractivity contribution in [3.05, 3.63) is 0 Å². The lowest BCUT2D eigenvalue weighted by atomic mass is 9.96. The third kappa shape index (κ3) is 3.08. The molecular formula is C14H25N3O2. The van der Waals surface area contributed by atoms with E-state index in [4.69, 9.17) is 0 Å². The van der Waals surface area contributed by atoms with Gasteiger partial charge in [-0.15, -0.1) is 0 Å². The van der Waals surface area contributed by atoms with Gasteiger partial charge in [-0.1, -0.05) is 20.3 Å². The minimum Gasteiger partial charge on any atom is -0.345 e. The van der Waals surface area contributed by atoms with E-state index in [0.717, 1.165) is 13.0 Å². The number of likely N-dealkylation sites (tertiary alicyclic amines) is 1. The highest BCUT2D eigenvalue weighted by molar-refractivity contribution is 5.95. The standard InChI is InChI=1S/C14H25N3O2/c1-10(2)13-14(19)15-8-12(18)17(13)9-11-6-4-5-7-16(11)3/h10-11,13H,4-9H2,1-3H3,(H,15,19). The number of nitrogens with one attached hydrogen (secondary N) is 1. The SMILES string of the molecule is CC(C)C1C(=O)NCC(=O)N1CC1CCCCN1C. The summed E-state index contributed by atoms with van der Waals surface area (Å²) in [7, 11) is 2.11. The number of hydrogen-bond donors (Lipinski definition) is 1. The zero-order valence-corrected chi connectivity index (χ0v) is 12.2. The van der Waals surface area contributed by atoms with E-state index in [-0.39, 0.29) is 30.3 Å². The van der Waals surface area contributed by atoms with Crippen molar-refractivity contribution >= 4 is 11.8 Å². The number of piperazine rings is 1. The number of nitrogens with zero attached hydrogens (tertiary/aromatic N) is 2. The van der Waals surface area contributed by atoms with E-state index < -0.39 is 0 Å². The van der Waals surface area contributed by atoms with Crippen LogP contribution in [0.3, 0.4) is 0 Å². The highest BCUT2D eigenvalue weighted by Gasteiger charge is 2.38. The summed E-state index contributed by atoms with van der Waals surface area (Å²) in [5.74, 6) is 0.198. The molecule has 0 saturated carbocycles. The third-order valence-corrected chi connectivity index (χ3v) is 4.30. The molecule has 1 N–H and O–H groups in total. The molecule has 0 spiro atoms. The van der Waals surface area contributed by atoms with E-state index in [1.807, 2.05) is 13.8 Å². The van der Waals surface area contributed by atoms with E-state index in [1.54, 1.807) is 4.90 Å². The van der Waals surface area contributed by atoms with Gasteiger partial charge in [0.15, 0.2) is 0 Å². The molecule has 2 aliphatic rings. The van der Waals surface area contributed by atoms with Crippen LogP contribution >= 0.6 is 0 Å². The van der Waals surface area contributed by atoms with E-state index in [9.17, 15) is 9.59 Å². The lowest BCUT2D eigenvalue weighted by Gasteiger charge is -2.42. The highest BCUT2D eigenvalue weighted by atomic mass is 16.2. The fourth-order valence-electron chi connectivity index (χ4n) is 3.15. The van der Waals surface area contributed by atoms with Crippen molar-refractivity contribution in [1.82, 2.24) is 15.1 Å². The fraction of sp³-hybridized carbons (Fsp3) is 0.857. The van der Waals surface area contributed by atoms with Crippen LogP contribution in [0.2, 0.25) is 0 Å². The Morgan fingerprint density at radius 2 is 2.05 bits per heavy atom. The zero-order valence-electron chi connectivity index (χ0n) is 12.2. The minimum absolute atomic E-state index is 0.00642. The summed E-state index contributed by atoms with van der Waals surface area (Å²) in [4.78, 5) is 28.2. The monoisotopic (exact) mass is 267 g/mol. The van der Waals surface area contributed by atoms with Crippen LogP contribution in [0, 0.1) is 5.92 Å². The van der Waals surface area contributed by atoms with E-state index in [0.29, 0.717) is 12.6 Å². The first-order chi connectivity index (χ1) is 9.00. The second kappa shape index (κ2) is 5.90. The molecule has 5 nitrogen and oxygen atoms in total. The van der Waals surface area contributed by atoms with Crippen molar-refractivity contribution in [2.45, 2.75) is 45.2 Å². The van der Waals surface area contributed by atoms with Crippen LogP contribution in [0.5, 0.6) is 0 Å². The summed E-state index contributed by atoms with van der Waals surface area (Å²) in [6.07, 6.45) is 3.57. The molecule has 2 atom stereocenters. The molecule has 108 valence electrons. The second-order valence-corrected chi connectivity index (χ2v) is 6.08. The summed E-state index contributed by atoms with van der Waals surface area (Å²) in [6.45, 7) is 5.93. The number of carbonyl (C=O) groups is 2. The van der Waals surface area contributed by atoms with Gasteiger partial charge in [0.1, 0.15) is 6.04 Å². The molecule has 2 heterocycles. The van der Waals surface area contributed by atoms with Crippen LogP contribution in [-0.4, -0.2) is 60.4 Å². The lowest BCUT2D eigenvalue weighted by Crippen LogP contribution is -2.62. The number of carbonyl (C=O) groups excluding carboxylic acids is 2. The smallest absolute Gasteiger partial charge is 0.243 e. The van der Waals surface area contributed by atoms with Crippen molar-refractivity contribution < 1.29 is 9.59 Å². The first-order valence-corrected chi connectivity index (χ1v) is 7.28. The molecule has 0 bridgehead atoms. The molecule has 2 unspecified atom stereocenters. The average molecular weight is 267 g/mol. The molecule has 2 saturated heterocycles. The Hall–Kier alpha value is -1.10. The van der Waals surface area contributed by atoms with Crippen molar-refractivity contribution in [2.24, 2.45) is 5.92 Å². The summed E-state index contributed by atoms with van der Waals surface area (Å²) >= 11 is 0. The molecule has 19 heavy (non-hydrogen) atoms. The molecule has 2 rings (SSSR count). The van der Waals surface area contributed by atoms with Crippen LogP contribution in [0.1, 0.15) is 33.1 Å². The van der Waals surface area contributed by atoms with E-state index >= 15 is 0 Å². The van der Waals surface area contributed by atoms with Gasteiger partial charge in [0.05, 0.1) is 6.54 Å². The number of piperidine rings is 1. The second-order valence-electron chi connectivity index (χ2n) is 6.08. The topological polar surface area (TPSA) is 52.7 Å². The normalized spacial score (nSPS) is 29.8. The zero-order chi connectivity index (χ0) is 14.0. The quantitative estimate of drug-likeness (QED) is 0.808. The average Bonchev–Trinajstić information content (AvgIpc) is 2.36. The van der Waals surface area contributed by atoms with Gasteiger partial charge >= 0.3 is 0 Å². The third-order valence-electron chi connectivity index (χ3n) is 4.30. The van der Waals surface area contributed by atoms with Gasteiger partial charge < -0.3 is 15.1 Å². The summed E-state index contributed by atoms with van der Waals surface area (Å²) < 4.78 is 0. The van der Waals surface area contributed by atoms with Gasteiger partial charge in [-0.25, -0.2) is 0 Å². The predicted molar refractivity (Wildman–Crippen MR) is 73.6 cm³/mol. The summed E-state index contributed by atoms with van der Waals surface area (Å²) in [5.41, 5.74) is 0. The lowest BCUT2D eigenvalue weighted by molar-refractivity contribution is -0.148. The Morgan fingerprint density at radius 3 is 2.68 bits per heavy atom. The molecule has 0 aromatic carbocycles. The molecule has 2 aliphatic heterocycles. The van der Waals surface area contributed by atoms with Crippen LogP contribution in [0.4, 0.5) is 0 Å². The minimum atomic E-state index is -0.309. The van der Waals surface area contributed by atoms with Crippen LogP contribution in [0.25, 0.3) is 0 Å². The van der Waals surface area contributed by atoms with Gasteiger partial charge in [-0.2, -0.15) is 0 Å². The predicted octanol–water partition coefficient (Wildman–Crippen LogP) is 0.454. The number of likely N-dealkylation sites (N-methyl/N-ethyl adjacent to an activating group) is 1. The molecular weight excluding hydrogens is 242 g/mol. The maximum atomic E-state index is 12.1. The highest BCUT2D eigenvalue weighted by Crippen LogP contribution is 2.21. The first-order valence-electron chi connectivity index (χ1n) is 7.28. The molecule has 0 aliphatic carbocycles. The first kappa shape index (κ1) is 14.3. The van der Waals surface area contributed by atoms with Gasteiger partial charge in [0, 0.05) is 12.6 Å². The molecule has 5 heteroatoms. The molecule has 0 radical (unpaired) electrons. The van der Waals surface area contributed by atoms with Gasteiger partial charge in [0.25, 0.3) is 0 Å². The maximum absolute atomic E-state index is 12.1. The summed E-state index contributed by atoms with van der Waals surface area (Å²) in [5, 5.41) is 2.70. The summed E-state index contributed by atoms with van der Waals surface area (Å²) in [6, 6.07) is 0.0847.